The number of aryl methyl sites for hydroxylation is 1. The van der Waals surface area contributed by atoms with Crippen molar-refractivity contribution in [2.24, 2.45) is 0 Å². The highest BCUT2D eigenvalue weighted by Gasteiger charge is 2.28. The van der Waals surface area contributed by atoms with Crippen LogP contribution in [0.25, 0.3) is 16.7 Å². The number of fused-ring (bicyclic) bond motifs is 1. The van der Waals surface area contributed by atoms with E-state index in [1.54, 1.807) is 47.2 Å². The molecular weight excluding hydrogens is 429 g/mol. The molecule has 162 valence electrons. The van der Waals surface area contributed by atoms with E-state index in [1.807, 2.05) is 17.5 Å². The van der Waals surface area contributed by atoms with Crippen LogP contribution in [0.2, 0.25) is 0 Å². The highest BCUT2D eigenvalue weighted by Crippen LogP contribution is 2.24. The molecule has 0 aliphatic carbocycles. The molecule has 0 radical (unpaired) electrons. The number of benzene rings is 1. The standard InChI is InChI=1S/C23H20FN5O2S/c1-15-13-16(17-14-25-29(21(17)26-15)19-6-3-2-5-18(19)24)22(30)27-8-10-28(11-9-27)23(31)20-7-4-12-32-20/h2-7,12-14H,8-11H2,1H3. The first kappa shape index (κ1) is 20.3. The third-order valence-corrected chi connectivity index (χ3v) is 6.42. The summed E-state index contributed by atoms with van der Waals surface area (Å²) in [4.78, 5) is 34.7. The van der Waals surface area contributed by atoms with Gasteiger partial charge in [-0.05, 0) is 36.6 Å². The molecule has 2 amide bonds. The van der Waals surface area contributed by atoms with Crippen LogP contribution >= 0.6 is 11.3 Å². The summed E-state index contributed by atoms with van der Waals surface area (Å²) in [5, 5.41) is 6.76. The number of piperazine rings is 1. The first-order valence-electron chi connectivity index (χ1n) is 10.3. The number of rotatable bonds is 3. The molecule has 3 aromatic heterocycles. The maximum atomic E-state index is 14.3. The van der Waals surface area contributed by atoms with Gasteiger partial charge in [-0.1, -0.05) is 18.2 Å². The molecule has 1 saturated heterocycles. The van der Waals surface area contributed by atoms with E-state index in [0.717, 1.165) is 0 Å². The largest absolute Gasteiger partial charge is 0.335 e. The van der Waals surface area contributed by atoms with Crippen molar-refractivity contribution in [2.75, 3.05) is 26.2 Å². The molecule has 9 heteroatoms. The van der Waals surface area contributed by atoms with Crippen molar-refractivity contribution in [1.29, 1.82) is 0 Å². The van der Waals surface area contributed by atoms with E-state index in [0.29, 0.717) is 53.3 Å². The fourth-order valence-electron chi connectivity index (χ4n) is 3.94. The van der Waals surface area contributed by atoms with Crippen molar-refractivity contribution in [3.05, 3.63) is 76.0 Å². The minimum absolute atomic E-state index is 0.000379. The lowest BCUT2D eigenvalue weighted by Crippen LogP contribution is -2.50. The Morgan fingerprint density at radius 1 is 1.00 bits per heavy atom. The lowest BCUT2D eigenvalue weighted by Gasteiger charge is -2.34. The van der Waals surface area contributed by atoms with E-state index in [2.05, 4.69) is 10.1 Å². The number of halogens is 1. The number of aromatic nitrogens is 3. The monoisotopic (exact) mass is 449 g/mol. The van der Waals surface area contributed by atoms with Gasteiger partial charge < -0.3 is 9.80 Å². The van der Waals surface area contributed by atoms with Crippen LogP contribution in [-0.2, 0) is 0 Å². The van der Waals surface area contributed by atoms with Crippen molar-refractivity contribution in [3.63, 3.8) is 0 Å². The van der Waals surface area contributed by atoms with Gasteiger partial charge in [0.1, 0.15) is 11.5 Å². The third kappa shape index (κ3) is 3.54. The second-order valence-electron chi connectivity index (χ2n) is 7.62. The van der Waals surface area contributed by atoms with Crippen LogP contribution in [-0.4, -0.2) is 62.6 Å². The average molecular weight is 450 g/mol. The van der Waals surface area contributed by atoms with Crippen LogP contribution in [0.4, 0.5) is 4.39 Å². The number of nitrogens with zero attached hydrogens (tertiary/aromatic N) is 5. The number of carbonyl (C=O) groups excluding carboxylic acids is 2. The van der Waals surface area contributed by atoms with Gasteiger partial charge in [-0.15, -0.1) is 11.3 Å². The Bertz CT molecular complexity index is 1310. The van der Waals surface area contributed by atoms with Gasteiger partial charge in [0.05, 0.1) is 22.0 Å². The van der Waals surface area contributed by atoms with E-state index in [9.17, 15) is 14.0 Å². The summed E-state index contributed by atoms with van der Waals surface area (Å²) in [5.41, 5.74) is 1.84. The van der Waals surface area contributed by atoms with Crippen LogP contribution < -0.4 is 0 Å². The van der Waals surface area contributed by atoms with Crippen LogP contribution in [0.5, 0.6) is 0 Å². The van der Waals surface area contributed by atoms with E-state index < -0.39 is 5.82 Å². The molecule has 5 rings (SSSR count). The smallest absolute Gasteiger partial charge is 0.264 e. The molecular formula is C23H20FN5O2S. The minimum Gasteiger partial charge on any atom is -0.335 e. The number of pyridine rings is 1. The predicted molar refractivity (Wildman–Crippen MR) is 120 cm³/mol. The SMILES string of the molecule is Cc1cc(C(=O)N2CCN(C(=O)c3cccs3)CC2)c2cnn(-c3ccccc3F)c2n1. The normalized spacial score (nSPS) is 14.2. The number of hydrogen-bond donors (Lipinski definition) is 0. The topological polar surface area (TPSA) is 71.3 Å². The number of carbonyl (C=O) groups is 2. The maximum Gasteiger partial charge on any atom is 0.264 e. The predicted octanol–water partition coefficient (Wildman–Crippen LogP) is 3.53. The van der Waals surface area contributed by atoms with Crippen LogP contribution in [0.15, 0.2) is 54.0 Å². The minimum atomic E-state index is -0.416. The molecule has 1 aliphatic heterocycles. The van der Waals surface area contributed by atoms with Gasteiger partial charge in [0, 0.05) is 31.9 Å². The molecule has 4 heterocycles. The van der Waals surface area contributed by atoms with Gasteiger partial charge in [0.2, 0.25) is 0 Å². The molecule has 32 heavy (non-hydrogen) atoms. The average Bonchev–Trinajstić information content (AvgIpc) is 3.48. The van der Waals surface area contributed by atoms with Gasteiger partial charge in [0.25, 0.3) is 11.8 Å². The Hall–Kier alpha value is -3.59. The highest BCUT2D eigenvalue weighted by atomic mass is 32.1. The molecule has 1 aromatic carbocycles. The molecule has 0 unspecified atom stereocenters. The molecule has 0 N–H and O–H groups in total. The van der Waals surface area contributed by atoms with Gasteiger partial charge >= 0.3 is 0 Å². The zero-order valence-electron chi connectivity index (χ0n) is 17.4. The van der Waals surface area contributed by atoms with Crippen LogP contribution in [0.3, 0.4) is 0 Å². The lowest BCUT2D eigenvalue weighted by molar-refractivity contribution is 0.0539. The number of amides is 2. The molecule has 0 spiro atoms. The molecule has 0 bridgehead atoms. The number of thiophene rings is 1. The second-order valence-corrected chi connectivity index (χ2v) is 8.57. The van der Waals surface area contributed by atoms with Gasteiger partial charge in [-0.3, -0.25) is 9.59 Å². The van der Waals surface area contributed by atoms with Crippen molar-refractivity contribution < 1.29 is 14.0 Å². The van der Waals surface area contributed by atoms with Crippen molar-refractivity contribution in [2.45, 2.75) is 6.92 Å². The molecule has 1 aliphatic rings. The molecule has 0 saturated carbocycles. The van der Waals surface area contributed by atoms with Gasteiger partial charge in [-0.2, -0.15) is 5.10 Å². The Morgan fingerprint density at radius 2 is 1.72 bits per heavy atom. The van der Waals surface area contributed by atoms with Crippen LogP contribution in [0.1, 0.15) is 25.7 Å². The molecule has 1 fully saturated rings. The molecule has 7 nitrogen and oxygen atoms in total. The Morgan fingerprint density at radius 3 is 2.41 bits per heavy atom. The first-order chi connectivity index (χ1) is 15.5. The second kappa shape index (κ2) is 8.16. The summed E-state index contributed by atoms with van der Waals surface area (Å²) in [7, 11) is 0. The van der Waals surface area contributed by atoms with E-state index in [4.69, 9.17) is 0 Å². The number of hydrogen-bond acceptors (Lipinski definition) is 5. The zero-order chi connectivity index (χ0) is 22.2. The highest BCUT2D eigenvalue weighted by molar-refractivity contribution is 7.12. The fraction of sp³-hybridized carbons (Fsp3) is 0.217. The van der Waals surface area contributed by atoms with Gasteiger partial charge in [0.15, 0.2) is 5.65 Å². The summed E-state index contributed by atoms with van der Waals surface area (Å²) in [6.45, 7) is 3.64. The summed E-state index contributed by atoms with van der Waals surface area (Å²) >= 11 is 1.42. The van der Waals surface area contributed by atoms with E-state index >= 15 is 0 Å². The Kier molecular flexibility index (Phi) is 5.18. The number of para-hydroxylation sites is 1. The molecule has 4 aromatic rings. The van der Waals surface area contributed by atoms with Crippen molar-refractivity contribution in [3.8, 4) is 5.69 Å². The quantitative estimate of drug-likeness (QED) is 0.480. The van der Waals surface area contributed by atoms with E-state index in [1.165, 1.54) is 22.1 Å². The fourth-order valence-corrected chi connectivity index (χ4v) is 4.63. The summed E-state index contributed by atoms with van der Waals surface area (Å²) in [6.07, 6.45) is 1.55. The Balaban J connectivity index is 1.41. The lowest BCUT2D eigenvalue weighted by atomic mass is 10.1. The third-order valence-electron chi connectivity index (χ3n) is 5.57. The summed E-state index contributed by atoms with van der Waals surface area (Å²) < 4.78 is 15.8. The zero-order valence-corrected chi connectivity index (χ0v) is 18.2. The Labute approximate surface area is 187 Å². The molecule has 0 atom stereocenters. The summed E-state index contributed by atoms with van der Waals surface area (Å²) in [5.74, 6) is -0.558. The van der Waals surface area contributed by atoms with Crippen molar-refractivity contribution >= 4 is 34.2 Å². The summed E-state index contributed by atoms with van der Waals surface area (Å²) in [6, 6.07) is 11.7. The first-order valence-corrected chi connectivity index (χ1v) is 11.1. The van der Waals surface area contributed by atoms with Crippen molar-refractivity contribution in [1.82, 2.24) is 24.6 Å². The van der Waals surface area contributed by atoms with Crippen LogP contribution in [0, 0.1) is 12.7 Å². The van der Waals surface area contributed by atoms with E-state index in [-0.39, 0.29) is 17.5 Å². The maximum absolute atomic E-state index is 14.3. The van der Waals surface area contributed by atoms with Gasteiger partial charge in [-0.25, -0.2) is 14.1 Å².